The molecular formula is C18H22N8O4S. The number of non-ortho nitro benzene ring substituents is 1. The normalized spacial score (nSPS) is 12.1. The van der Waals surface area contributed by atoms with Crippen molar-refractivity contribution in [2.45, 2.75) is 18.4 Å². The topological polar surface area (TPSA) is 156 Å². The first kappa shape index (κ1) is 22.1. The van der Waals surface area contributed by atoms with Crippen LogP contribution in [-0.2, 0) is 16.6 Å². The number of nitrogens with zero attached hydrogens (tertiary/aromatic N) is 5. The van der Waals surface area contributed by atoms with Crippen molar-refractivity contribution in [2.24, 2.45) is 4.99 Å². The maximum absolute atomic E-state index is 12.4. The maximum Gasteiger partial charge on any atom is 0.270 e. The highest BCUT2D eigenvalue weighted by atomic mass is 32.2. The van der Waals surface area contributed by atoms with Crippen LogP contribution in [0.2, 0.25) is 0 Å². The fourth-order valence-corrected chi connectivity index (χ4v) is 3.78. The van der Waals surface area contributed by atoms with Gasteiger partial charge in [0.05, 0.1) is 9.82 Å². The van der Waals surface area contributed by atoms with Crippen molar-refractivity contribution in [1.29, 1.82) is 0 Å². The number of sulfonamides is 1. The first-order chi connectivity index (χ1) is 14.9. The van der Waals surface area contributed by atoms with E-state index in [4.69, 9.17) is 0 Å². The number of aliphatic imine (C=N–C) groups is 1. The van der Waals surface area contributed by atoms with Gasteiger partial charge in [-0.15, -0.1) is 10.2 Å². The van der Waals surface area contributed by atoms with Gasteiger partial charge in [-0.1, -0.05) is 12.1 Å². The van der Waals surface area contributed by atoms with E-state index in [1.165, 1.54) is 18.2 Å². The van der Waals surface area contributed by atoms with Crippen LogP contribution in [0.15, 0.2) is 58.5 Å². The molecule has 0 bridgehead atoms. The molecule has 13 heteroatoms. The van der Waals surface area contributed by atoms with Gasteiger partial charge in [-0.3, -0.25) is 14.5 Å². The van der Waals surface area contributed by atoms with Crippen molar-refractivity contribution in [2.75, 3.05) is 19.6 Å². The SMILES string of the molecule is CCNC(=NCc1nnc2ccccn12)NCCNS(=O)(=O)c1cccc([N+](=O)[O-])c1. The molecule has 0 aliphatic carbocycles. The number of nitrogens with one attached hydrogen (secondary N) is 3. The molecule has 1 aromatic carbocycles. The zero-order valence-corrected chi connectivity index (χ0v) is 17.5. The monoisotopic (exact) mass is 446 g/mol. The number of hydrogen-bond donors (Lipinski definition) is 3. The molecule has 0 saturated heterocycles. The van der Waals surface area contributed by atoms with Crippen molar-refractivity contribution < 1.29 is 13.3 Å². The Balaban J connectivity index is 1.57. The fourth-order valence-electron chi connectivity index (χ4n) is 2.70. The van der Waals surface area contributed by atoms with Crippen molar-refractivity contribution >= 4 is 27.3 Å². The summed E-state index contributed by atoms with van der Waals surface area (Å²) in [4.78, 5) is 14.5. The number of benzene rings is 1. The van der Waals surface area contributed by atoms with E-state index in [2.05, 4.69) is 30.5 Å². The highest BCUT2D eigenvalue weighted by Gasteiger charge is 2.17. The fraction of sp³-hybridized carbons (Fsp3) is 0.278. The van der Waals surface area contributed by atoms with Gasteiger partial charge in [-0.05, 0) is 25.1 Å². The molecule has 0 radical (unpaired) electrons. The molecule has 31 heavy (non-hydrogen) atoms. The van der Waals surface area contributed by atoms with E-state index in [1.807, 2.05) is 35.7 Å². The summed E-state index contributed by atoms with van der Waals surface area (Å²) in [6.07, 6.45) is 1.85. The summed E-state index contributed by atoms with van der Waals surface area (Å²) in [5.41, 5.74) is 0.435. The van der Waals surface area contributed by atoms with Gasteiger partial charge in [-0.25, -0.2) is 18.1 Å². The van der Waals surface area contributed by atoms with Crippen LogP contribution in [0.5, 0.6) is 0 Å². The third-order valence-corrected chi connectivity index (χ3v) is 5.61. The quantitative estimate of drug-likeness (QED) is 0.142. The van der Waals surface area contributed by atoms with E-state index >= 15 is 0 Å². The maximum atomic E-state index is 12.4. The summed E-state index contributed by atoms with van der Waals surface area (Å²) in [6.45, 7) is 3.12. The molecule has 0 amide bonds. The molecule has 0 saturated carbocycles. The van der Waals surface area contributed by atoms with Crippen LogP contribution in [0.4, 0.5) is 5.69 Å². The summed E-state index contributed by atoms with van der Waals surface area (Å²) >= 11 is 0. The number of guanidine groups is 1. The third-order valence-electron chi connectivity index (χ3n) is 4.16. The molecule has 0 fully saturated rings. The van der Waals surface area contributed by atoms with Crippen molar-refractivity contribution in [3.63, 3.8) is 0 Å². The van der Waals surface area contributed by atoms with Crippen LogP contribution in [-0.4, -0.2) is 53.5 Å². The standard InChI is InChI=1S/C18H22N8O4S/c1-2-19-18(21-13-17-24-23-16-8-3-4-11-25(16)17)20-9-10-22-31(29,30)15-7-5-6-14(12-15)26(27)28/h3-8,11-12,22H,2,9-10,13H2,1H3,(H2,19,20,21). The molecule has 3 aromatic rings. The van der Waals surface area contributed by atoms with Crippen molar-refractivity contribution in [1.82, 2.24) is 30.0 Å². The van der Waals surface area contributed by atoms with E-state index in [0.717, 1.165) is 11.7 Å². The Kier molecular flexibility index (Phi) is 7.10. The smallest absolute Gasteiger partial charge is 0.270 e. The minimum Gasteiger partial charge on any atom is -0.357 e. The first-order valence-corrected chi connectivity index (χ1v) is 10.9. The lowest BCUT2D eigenvalue weighted by Crippen LogP contribution is -2.41. The van der Waals surface area contributed by atoms with Crippen LogP contribution in [0.25, 0.3) is 5.65 Å². The van der Waals surface area contributed by atoms with E-state index < -0.39 is 14.9 Å². The van der Waals surface area contributed by atoms with Crippen LogP contribution >= 0.6 is 0 Å². The summed E-state index contributed by atoms with van der Waals surface area (Å²) in [5, 5.41) is 25.1. The number of aromatic nitrogens is 3. The van der Waals surface area contributed by atoms with E-state index in [-0.39, 0.29) is 30.2 Å². The molecule has 0 atom stereocenters. The second-order valence-electron chi connectivity index (χ2n) is 6.32. The predicted octanol–water partition coefficient (Wildman–Crippen LogP) is 0.671. The van der Waals surface area contributed by atoms with Gasteiger partial charge in [0, 0.05) is 38.0 Å². The molecule has 0 unspecified atom stereocenters. The number of nitro groups is 1. The number of hydrogen-bond acceptors (Lipinski definition) is 7. The van der Waals surface area contributed by atoms with Crippen molar-refractivity contribution in [3.05, 3.63) is 64.6 Å². The zero-order chi connectivity index (χ0) is 22.3. The largest absolute Gasteiger partial charge is 0.357 e. The van der Waals surface area contributed by atoms with Gasteiger partial charge in [0.1, 0.15) is 6.54 Å². The van der Waals surface area contributed by atoms with E-state index in [0.29, 0.717) is 18.3 Å². The second kappa shape index (κ2) is 9.95. The molecule has 12 nitrogen and oxygen atoms in total. The molecule has 0 aliphatic heterocycles. The summed E-state index contributed by atoms with van der Waals surface area (Å²) in [5.74, 6) is 1.16. The Hall–Kier alpha value is -3.58. The van der Waals surface area contributed by atoms with Gasteiger partial charge in [0.25, 0.3) is 5.69 Å². The predicted molar refractivity (Wildman–Crippen MR) is 114 cm³/mol. The first-order valence-electron chi connectivity index (χ1n) is 9.45. The van der Waals surface area contributed by atoms with Gasteiger partial charge in [-0.2, -0.15) is 0 Å². The number of fused-ring (bicyclic) bond motifs is 1. The van der Waals surface area contributed by atoms with Crippen LogP contribution in [0.3, 0.4) is 0 Å². The summed E-state index contributed by atoms with van der Waals surface area (Å²) in [6, 6.07) is 10.5. The van der Waals surface area contributed by atoms with Gasteiger partial charge in [0.2, 0.25) is 10.0 Å². The highest BCUT2D eigenvalue weighted by molar-refractivity contribution is 7.89. The lowest BCUT2D eigenvalue weighted by Gasteiger charge is -2.12. The Morgan fingerprint density at radius 1 is 1.16 bits per heavy atom. The van der Waals surface area contributed by atoms with Crippen molar-refractivity contribution in [3.8, 4) is 0 Å². The molecular weight excluding hydrogens is 424 g/mol. The molecule has 0 aliphatic rings. The molecule has 2 heterocycles. The minimum atomic E-state index is -3.87. The third kappa shape index (κ3) is 5.73. The average molecular weight is 446 g/mol. The lowest BCUT2D eigenvalue weighted by atomic mass is 10.3. The Bertz CT molecular complexity index is 1190. The Morgan fingerprint density at radius 3 is 2.77 bits per heavy atom. The Labute approximate surface area is 178 Å². The summed E-state index contributed by atoms with van der Waals surface area (Å²) < 4.78 is 29.0. The van der Waals surface area contributed by atoms with Gasteiger partial charge >= 0.3 is 0 Å². The zero-order valence-electron chi connectivity index (χ0n) is 16.7. The van der Waals surface area contributed by atoms with E-state index in [9.17, 15) is 18.5 Å². The average Bonchev–Trinajstić information content (AvgIpc) is 3.18. The second-order valence-corrected chi connectivity index (χ2v) is 8.09. The van der Waals surface area contributed by atoms with Gasteiger partial charge < -0.3 is 10.6 Å². The highest BCUT2D eigenvalue weighted by Crippen LogP contribution is 2.16. The molecule has 164 valence electrons. The number of pyridine rings is 1. The van der Waals surface area contributed by atoms with Crippen LogP contribution < -0.4 is 15.4 Å². The molecule has 3 rings (SSSR count). The lowest BCUT2D eigenvalue weighted by molar-refractivity contribution is -0.385. The molecule has 3 N–H and O–H groups in total. The Morgan fingerprint density at radius 2 is 2.00 bits per heavy atom. The molecule has 0 spiro atoms. The summed E-state index contributed by atoms with van der Waals surface area (Å²) in [7, 11) is -3.87. The van der Waals surface area contributed by atoms with Gasteiger partial charge in [0.15, 0.2) is 17.4 Å². The number of nitro benzene ring substituents is 1. The minimum absolute atomic E-state index is 0.0588. The van der Waals surface area contributed by atoms with Crippen LogP contribution in [0.1, 0.15) is 12.7 Å². The van der Waals surface area contributed by atoms with Crippen LogP contribution in [0, 0.1) is 10.1 Å². The number of rotatable bonds is 9. The molecule has 2 aromatic heterocycles. The van der Waals surface area contributed by atoms with E-state index in [1.54, 1.807) is 0 Å².